The topological polar surface area (TPSA) is 46.2 Å². The third-order valence-corrected chi connectivity index (χ3v) is 1.14. The molecule has 1 N–H and O–H groups in total. The first kappa shape index (κ1) is 10.4. The minimum Gasteiger partial charge on any atom is -0.329 e. The summed E-state index contributed by atoms with van der Waals surface area (Å²) in [5.41, 5.74) is 0.0740. The van der Waals surface area contributed by atoms with E-state index in [2.05, 4.69) is 18.5 Å². The number of carbonyl (C=O) groups excluding carboxylic acids is 2. The van der Waals surface area contributed by atoms with Gasteiger partial charge in [0.25, 0.3) is 5.91 Å². The monoisotopic (exact) mass is 165 g/mol. The molecule has 0 radical (unpaired) electrons. The fraction of sp³-hybridized carbons (Fsp3) is 0.111. The van der Waals surface area contributed by atoms with E-state index in [1.165, 1.54) is 25.3 Å². The number of hydrogen-bond donors (Lipinski definition) is 1. The van der Waals surface area contributed by atoms with Gasteiger partial charge in [-0.1, -0.05) is 19.2 Å². The Kier molecular flexibility index (Phi) is 4.38. The lowest BCUT2D eigenvalue weighted by molar-refractivity contribution is -0.121. The average Bonchev–Trinajstić information content (AvgIpc) is 1.99. The second-order valence-electron chi connectivity index (χ2n) is 2.05. The van der Waals surface area contributed by atoms with Crippen LogP contribution in [0.4, 0.5) is 0 Å². The van der Waals surface area contributed by atoms with E-state index < -0.39 is 5.91 Å². The van der Waals surface area contributed by atoms with E-state index in [1.54, 1.807) is 0 Å². The maximum Gasteiger partial charge on any atom is 0.258 e. The van der Waals surface area contributed by atoms with Crippen LogP contribution in [0.5, 0.6) is 0 Å². The molecule has 0 saturated heterocycles. The van der Waals surface area contributed by atoms with Crippen molar-refractivity contribution in [1.29, 1.82) is 0 Å². The van der Waals surface area contributed by atoms with E-state index in [4.69, 9.17) is 0 Å². The van der Waals surface area contributed by atoms with Gasteiger partial charge in [0, 0.05) is 0 Å². The molecule has 0 spiro atoms. The average molecular weight is 165 g/mol. The number of nitrogens with one attached hydrogen (secondary N) is 1. The van der Waals surface area contributed by atoms with Crippen molar-refractivity contribution in [2.75, 3.05) is 0 Å². The molecule has 0 aromatic carbocycles. The van der Waals surface area contributed by atoms with Gasteiger partial charge in [-0.3, -0.25) is 9.59 Å². The highest BCUT2D eigenvalue weighted by Gasteiger charge is 2.10. The van der Waals surface area contributed by atoms with Gasteiger partial charge in [0.2, 0.25) is 0 Å². The zero-order valence-corrected chi connectivity index (χ0v) is 6.96. The zero-order chi connectivity index (χ0) is 9.56. The van der Waals surface area contributed by atoms with Crippen LogP contribution in [0.25, 0.3) is 0 Å². The first-order valence-corrected chi connectivity index (χ1v) is 3.39. The summed E-state index contributed by atoms with van der Waals surface area (Å²) in [6, 6.07) is 0. The SMILES string of the molecule is C=C/C=C(/C(C)=O)C(=O)NC=C. The number of rotatable bonds is 4. The maximum absolute atomic E-state index is 11.1. The van der Waals surface area contributed by atoms with Gasteiger partial charge in [0.1, 0.15) is 0 Å². The van der Waals surface area contributed by atoms with Crippen LogP contribution >= 0.6 is 0 Å². The quantitative estimate of drug-likeness (QED) is 0.292. The Morgan fingerprint density at radius 1 is 1.33 bits per heavy atom. The molecule has 0 atom stereocenters. The van der Waals surface area contributed by atoms with Crippen molar-refractivity contribution in [3.63, 3.8) is 0 Å². The van der Waals surface area contributed by atoms with Crippen molar-refractivity contribution in [2.45, 2.75) is 6.92 Å². The highest BCUT2D eigenvalue weighted by atomic mass is 16.2. The molecule has 3 heteroatoms. The molecule has 3 nitrogen and oxygen atoms in total. The molecule has 0 saturated carbocycles. The standard InChI is InChI=1S/C9H11NO2/c1-4-6-8(7(3)11)9(12)10-5-2/h4-6H,1-2H2,3H3,(H,10,12)/b8-6-. The lowest BCUT2D eigenvalue weighted by atomic mass is 10.1. The molecule has 0 aliphatic rings. The second kappa shape index (κ2) is 5.07. The minimum atomic E-state index is -0.461. The number of carbonyl (C=O) groups is 2. The normalized spacial score (nSPS) is 10.2. The Morgan fingerprint density at radius 3 is 2.25 bits per heavy atom. The molecule has 12 heavy (non-hydrogen) atoms. The van der Waals surface area contributed by atoms with E-state index in [0.717, 1.165) is 0 Å². The molecule has 0 aliphatic carbocycles. The molecular formula is C9H11NO2. The van der Waals surface area contributed by atoms with Gasteiger partial charge >= 0.3 is 0 Å². The van der Waals surface area contributed by atoms with E-state index in [0.29, 0.717) is 0 Å². The molecule has 0 bridgehead atoms. The molecule has 1 amide bonds. The molecule has 64 valence electrons. The van der Waals surface area contributed by atoms with E-state index in [-0.39, 0.29) is 11.4 Å². The number of Topliss-reactive ketones (excluding diaryl/α,β-unsaturated/α-hetero) is 1. The zero-order valence-electron chi connectivity index (χ0n) is 6.96. The Morgan fingerprint density at radius 2 is 1.92 bits per heavy atom. The van der Waals surface area contributed by atoms with Crippen molar-refractivity contribution in [3.05, 3.63) is 37.1 Å². The van der Waals surface area contributed by atoms with Crippen molar-refractivity contribution < 1.29 is 9.59 Å². The fourth-order valence-electron chi connectivity index (χ4n) is 0.641. The molecule has 0 aromatic heterocycles. The van der Waals surface area contributed by atoms with Crippen molar-refractivity contribution in [3.8, 4) is 0 Å². The van der Waals surface area contributed by atoms with Crippen LogP contribution in [0.15, 0.2) is 37.1 Å². The summed E-state index contributed by atoms with van der Waals surface area (Å²) < 4.78 is 0. The molecule has 0 aliphatic heterocycles. The summed E-state index contributed by atoms with van der Waals surface area (Å²) >= 11 is 0. The van der Waals surface area contributed by atoms with E-state index in [9.17, 15) is 9.59 Å². The van der Waals surface area contributed by atoms with Crippen molar-refractivity contribution >= 4 is 11.7 Å². The predicted octanol–water partition coefficient (Wildman–Crippen LogP) is 0.948. The van der Waals surface area contributed by atoms with Gasteiger partial charge in [-0.15, -0.1) is 0 Å². The summed E-state index contributed by atoms with van der Waals surface area (Å²) in [4.78, 5) is 21.9. The van der Waals surface area contributed by atoms with Crippen LogP contribution in [-0.4, -0.2) is 11.7 Å². The highest BCUT2D eigenvalue weighted by Crippen LogP contribution is 1.96. The molecule has 0 heterocycles. The largest absolute Gasteiger partial charge is 0.329 e. The van der Waals surface area contributed by atoms with Crippen LogP contribution in [-0.2, 0) is 9.59 Å². The Hall–Kier alpha value is -1.64. The highest BCUT2D eigenvalue weighted by molar-refractivity contribution is 6.18. The van der Waals surface area contributed by atoms with Crippen LogP contribution in [0.3, 0.4) is 0 Å². The molecule has 0 unspecified atom stereocenters. The molecule has 0 rings (SSSR count). The van der Waals surface area contributed by atoms with Crippen molar-refractivity contribution in [1.82, 2.24) is 5.32 Å². The smallest absolute Gasteiger partial charge is 0.258 e. The summed E-state index contributed by atoms with van der Waals surface area (Å²) in [5.74, 6) is -0.758. The lowest BCUT2D eigenvalue weighted by Gasteiger charge is -1.99. The third-order valence-electron chi connectivity index (χ3n) is 1.14. The van der Waals surface area contributed by atoms with Crippen LogP contribution in [0.1, 0.15) is 6.92 Å². The maximum atomic E-state index is 11.1. The van der Waals surface area contributed by atoms with Crippen LogP contribution in [0.2, 0.25) is 0 Å². The minimum absolute atomic E-state index is 0.0740. The number of allylic oxidation sites excluding steroid dienone is 2. The van der Waals surface area contributed by atoms with Gasteiger partial charge in [0.15, 0.2) is 5.78 Å². The van der Waals surface area contributed by atoms with Gasteiger partial charge in [-0.2, -0.15) is 0 Å². The predicted molar refractivity (Wildman–Crippen MR) is 47.3 cm³/mol. The lowest BCUT2D eigenvalue weighted by Crippen LogP contribution is -2.22. The van der Waals surface area contributed by atoms with Gasteiger partial charge < -0.3 is 5.32 Å². The van der Waals surface area contributed by atoms with Crippen molar-refractivity contribution in [2.24, 2.45) is 0 Å². The molecule has 0 fully saturated rings. The van der Waals surface area contributed by atoms with Gasteiger partial charge in [-0.05, 0) is 19.2 Å². The fourth-order valence-corrected chi connectivity index (χ4v) is 0.641. The Balaban J connectivity index is 4.63. The summed E-state index contributed by atoms with van der Waals surface area (Å²) in [5, 5.41) is 2.30. The molecule has 0 aromatic rings. The molecular weight excluding hydrogens is 154 g/mol. The third kappa shape index (κ3) is 2.96. The van der Waals surface area contributed by atoms with Gasteiger partial charge in [0.05, 0.1) is 5.57 Å². The Labute approximate surface area is 71.5 Å². The van der Waals surface area contributed by atoms with E-state index >= 15 is 0 Å². The van der Waals surface area contributed by atoms with Crippen LogP contribution < -0.4 is 5.32 Å². The first-order chi connectivity index (χ1) is 5.63. The van der Waals surface area contributed by atoms with Gasteiger partial charge in [-0.25, -0.2) is 0 Å². The second-order valence-corrected chi connectivity index (χ2v) is 2.05. The number of amides is 1. The summed E-state index contributed by atoms with van der Waals surface area (Å²) in [6.07, 6.45) is 3.97. The first-order valence-electron chi connectivity index (χ1n) is 3.39. The summed E-state index contributed by atoms with van der Waals surface area (Å²) in [6.45, 7) is 8.01. The number of hydrogen-bond acceptors (Lipinski definition) is 2. The van der Waals surface area contributed by atoms with E-state index in [1.807, 2.05) is 0 Å². The number of ketones is 1. The summed E-state index contributed by atoms with van der Waals surface area (Å²) in [7, 11) is 0. The Bertz CT molecular complexity index is 251. The van der Waals surface area contributed by atoms with Crippen LogP contribution in [0, 0.1) is 0 Å².